The molecule has 0 bridgehead atoms. The maximum Gasteiger partial charge on any atom is 0.146 e. The Morgan fingerprint density at radius 1 is 1.55 bits per heavy atom. The van der Waals surface area contributed by atoms with Gasteiger partial charge in [-0.1, -0.05) is 0 Å². The fourth-order valence-electron chi connectivity index (χ4n) is 0.981. The molecule has 0 aromatic heterocycles. The Labute approximate surface area is 65.1 Å². The van der Waals surface area contributed by atoms with Crippen LogP contribution in [0.4, 0.5) is 0 Å². The smallest absolute Gasteiger partial charge is 0.146 e. The van der Waals surface area contributed by atoms with Gasteiger partial charge in [0.05, 0.1) is 25.2 Å². The summed E-state index contributed by atoms with van der Waals surface area (Å²) in [5.41, 5.74) is -0.807. The van der Waals surface area contributed by atoms with Crippen LogP contribution in [0.2, 0.25) is 0 Å². The van der Waals surface area contributed by atoms with E-state index in [1.807, 2.05) is 0 Å². The highest BCUT2D eigenvalue weighted by Gasteiger charge is 2.37. The van der Waals surface area contributed by atoms with Gasteiger partial charge in [-0.25, -0.2) is 0 Å². The van der Waals surface area contributed by atoms with Crippen molar-refractivity contribution in [2.24, 2.45) is 5.41 Å². The first-order chi connectivity index (χ1) is 5.21. The molecule has 1 rings (SSSR count). The number of rotatable bonds is 2. The monoisotopic (exact) mass is 160 g/mol. The first-order valence-corrected chi connectivity index (χ1v) is 3.49. The number of ketones is 1. The van der Waals surface area contributed by atoms with Crippen molar-refractivity contribution in [3.05, 3.63) is 0 Å². The summed E-state index contributed by atoms with van der Waals surface area (Å²) < 4.78 is 9.87. The number of aliphatic hydroxyl groups is 1. The third-order valence-corrected chi connectivity index (χ3v) is 1.97. The molecule has 1 aliphatic heterocycles. The number of ether oxygens (including phenoxy) is 2. The number of hydrogen-bond donors (Lipinski definition) is 1. The molecule has 0 aromatic carbocycles. The molecular formula is C7H12O4. The third kappa shape index (κ3) is 1.58. The number of carbonyl (C=O) groups excluding carboxylic acids is 1. The van der Waals surface area contributed by atoms with Crippen LogP contribution in [0.1, 0.15) is 6.92 Å². The van der Waals surface area contributed by atoms with E-state index in [0.29, 0.717) is 0 Å². The van der Waals surface area contributed by atoms with Crippen LogP contribution >= 0.6 is 0 Å². The van der Waals surface area contributed by atoms with Gasteiger partial charge in [0, 0.05) is 0 Å². The molecule has 0 amide bonds. The fraction of sp³-hybridized carbons (Fsp3) is 0.857. The van der Waals surface area contributed by atoms with Gasteiger partial charge < -0.3 is 14.6 Å². The van der Waals surface area contributed by atoms with E-state index in [-0.39, 0.29) is 32.4 Å². The van der Waals surface area contributed by atoms with Crippen LogP contribution in [-0.2, 0) is 14.3 Å². The molecule has 0 unspecified atom stereocenters. The van der Waals surface area contributed by atoms with Gasteiger partial charge in [0.25, 0.3) is 0 Å². The molecule has 0 radical (unpaired) electrons. The van der Waals surface area contributed by atoms with Gasteiger partial charge >= 0.3 is 0 Å². The molecule has 4 heteroatoms. The lowest BCUT2D eigenvalue weighted by atomic mass is 9.86. The molecule has 1 saturated heterocycles. The summed E-state index contributed by atoms with van der Waals surface area (Å²) in [6.07, 6.45) is 0. The molecular weight excluding hydrogens is 148 g/mol. The predicted octanol–water partition coefficient (Wildman–Crippen LogP) is -0.442. The maximum atomic E-state index is 11.0. The molecule has 0 saturated carbocycles. The van der Waals surface area contributed by atoms with Gasteiger partial charge in [0.2, 0.25) is 0 Å². The first-order valence-electron chi connectivity index (χ1n) is 3.49. The quantitative estimate of drug-likeness (QED) is 0.595. The van der Waals surface area contributed by atoms with E-state index in [1.54, 1.807) is 0 Å². The zero-order valence-electron chi connectivity index (χ0n) is 6.50. The summed E-state index contributed by atoms with van der Waals surface area (Å²) in [7, 11) is 0. The second kappa shape index (κ2) is 3.30. The van der Waals surface area contributed by atoms with Crippen molar-refractivity contribution in [3.63, 3.8) is 0 Å². The first kappa shape index (κ1) is 8.64. The zero-order chi connectivity index (χ0) is 8.32. The zero-order valence-corrected chi connectivity index (χ0v) is 6.50. The molecule has 11 heavy (non-hydrogen) atoms. The van der Waals surface area contributed by atoms with E-state index >= 15 is 0 Å². The second-order valence-electron chi connectivity index (χ2n) is 2.81. The number of aliphatic hydroxyl groups excluding tert-OH is 1. The van der Waals surface area contributed by atoms with Crippen LogP contribution in [0.5, 0.6) is 0 Å². The Kier molecular flexibility index (Phi) is 2.59. The van der Waals surface area contributed by atoms with Crippen molar-refractivity contribution in [2.45, 2.75) is 6.92 Å². The predicted molar refractivity (Wildman–Crippen MR) is 37.0 cm³/mol. The van der Waals surface area contributed by atoms with Crippen LogP contribution in [0.15, 0.2) is 0 Å². The Morgan fingerprint density at radius 3 is 2.36 bits per heavy atom. The highest BCUT2D eigenvalue weighted by Crippen LogP contribution is 2.22. The van der Waals surface area contributed by atoms with Gasteiger partial charge in [-0.2, -0.15) is 0 Å². The van der Waals surface area contributed by atoms with Crippen molar-refractivity contribution >= 4 is 5.78 Å². The lowest BCUT2D eigenvalue weighted by molar-refractivity contribution is -0.182. The minimum absolute atomic E-state index is 0.0836. The number of hydrogen-bond acceptors (Lipinski definition) is 4. The topological polar surface area (TPSA) is 55.8 Å². The highest BCUT2D eigenvalue weighted by atomic mass is 16.7. The molecule has 4 nitrogen and oxygen atoms in total. The molecule has 0 atom stereocenters. The van der Waals surface area contributed by atoms with E-state index < -0.39 is 5.41 Å². The van der Waals surface area contributed by atoms with Crippen LogP contribution < -0.4 is 0 Å². The summed E-state index contributed by atoms with van der Waals surface area (Å²) in [5, 5.41) is 8.93. The molecule has 64 valence electrons. The normalized spacial score (nSPS) is 23.1. The van der Waals surface area contributed by atoms with Crippen molar-refractivity contribution in [2.75, 3.05) is 26.6 Å². The van der Waals surface area contributed by atoms with Gasteiger partial charge in [0.1, 0.15) is 12.6 Å². The molecule has 1 fully saturated rings. The van der Waals surface area contributed by atoms with E-state index in [1.165, 1.54) is 6.92 Å². The largest absolute Gasteiger partial charge is 0.395 e. The Hall–Kier alpha value is -0.450. The Balaban J connectivity index is 2.64. The van der Waals surface area contributed by atoms with Crippen LogP contribution in [0.25, 0.3) is 0 Å². The third-order valence-electron chi connectivity index (χ3n) is 1.97. The maximum absolute atomic E-state index is 11.0. The summed E-state index contributed by atoms with van der Waals surface area (Å²) in [6, 6.07) is 0. The van der Waals surface area contributed by atoms with E-state index in [0.717, 1.165) is 0 Å². The van der Waals surface area contributed by atoms with E-state index in [4.69, 9.17) is 14.6 Å². The van der Waals surface area contributed by atoms with Gasteiger partial charge in [-0.3, -0.25) is 4.79 Å². The summed E-state index contributed by atoms with van der Waals surface area (Å²) in [6.45, 7) is 1.98. The standard InChI is InChI=1S/C7H12O4/c1-6(9)7(2-8)3-10-5-11-4-7/h8H,2-5H2,1H3. The molecule has 1 N–H and O–H groups in total. The van der Waals surface area contributed by atoms with Crippen molar-refractivity contribution in [3.8, 4) is 0 Å². The number of carbonyl (C=O) groups is 1. The van der Waals surface area contributed by atoms with Gasteiger partial charge in [-0.15, -0.1) is 0 Å². The van der Waals surface area contributed by atoms with Gasteiger partial charge in [-0.05, 0) is 6.92 Å². The molecule has 1 aliphatic rings. The van der Waals surface area contributed by atoms with E-state index in [2.05, 4.69) is 0 Å². The Bertz CT molecular complexity index is 149. The van der Waals surface area contributed by atoms with Gasteiger partial charge in [0.15, 0.2) is 0 Å². The van der Waals surface area contributed by atoms with Crippen LogP contribution in [0, 0.1) is 5.41 Å². The summed E-state index contributed by atoms with van der Waals surface area (Å²) in [5.74, 6) is -0.0836. The molecule has 1 heterocycles. The van der Waals surface area contributed by atoms with Crippen LogP contribution in [-0.4, -0.2) is 37.5 Å². The minimum Gasteiger partial charge on any atom is -0.395 e. The van der Waals surface area contributed by atoms with Crippen molar-refractivity contribution in [1.82, 2.24) is 0 Å². The minimum atomic E-state index is -0.807. The average Bonchev–Trinajstić information content (AvgIpc) is 2.05. The number of Topliss-reactive ketones (excluding diaryl/α,β-unsaturated/α-hetero) is 1. The average molecular weight is 160 g/mol. The Morgan fingerprint density at radius 2 is 2.09 bits per heavy atom. The van der Waals surface area contributed by atoms with Crippen LogP contribution in [0.3, 0.4) is 0 Å². The van der Waals surface area contributed by atoms with Crippen molar-refractivity contribution in [1.29, 1.82) is 0 Å². The lowest BCUT2D eigenvalue weighted by Gasteiger charge is -2.32. The molecule has 0 aliphatic carbocycles. The lowest BCUT2D eigenvalue weighted by Crippen LogP contribution is -2.45. The van der Waals surface area contributed by atoms with E-state index in [9.17, 15) is 4.79 Å². The molecule has 0 aromatic rings. The summed E-state index contributed by atoms with van der Waals surface area (Å²) >= 11 is 0. The summed E-state index contributed by atoms with van der Waals surface area (Å²) in [4.78, 5) is 11.0. The second-order valence-corrected chi connectivity index (χ2v) is 2.81. The molecule has 0 spiro atoms. The SMILES string of the molecule is CC(=O)C1(CO)COCOC1. The fourth-order valence-corrected chi connectivity index (χ4v) is 0.981. The highest BCUT2D eigenvalue weighted by molar-refractivity contribution is 5.82. The van der Waals surface area contributed by atoms with Crippen molar-refractivity contribution < 1.29 is 19.4 Å².